The summed E-state index contributed by atoms with van der Waals surface area (Å²) in [6, 6.07) is 23.7. The van der Waals surface area contributed by atoms with E-state index < -0.39 is 0 Å². The summed E-state index contributed by atoms with van der Waals surface area (Å²) in [6.45, 7) is 2.89. The van der Waals surface area contributed by atoms with E-state index >= 15 is 0 Å². The van der Waals surface area contributed by atoms with E-state index in [4.69, 9.17) is 0 Å². The second-order valence-corrected chi connectivity index (χ2v) is 9.11. The predicted octanol–water partition coefficient (Wildman–Crippen LogP) is 4.55. The fraction of sp³-hybridized carbons (Fsp3) is 0.357. The molecular weight excluding hydrogens is 394 g/mol. The standard InChI is InChI=1S/C28H32N3O/c1-29-20-16-25(30-17-8-9-18-30)24(21-29)28(32)31-19-10-15-26(31)27(22-11-4-2-5-12-22)23-13-6-3-7-14-23/h2-7,11-14,16,20-21,26-27H,8-10,15,17-19H2,1H3/q+1/t26-/m0/s1. The van der Waals surface area contributed by atoms with Crippen LogP contribution in [0.3, 0.4) is 0 Å². The van der Waals surface area contributed by atoms with E-state index in [1.807, 2.05) is 17.8 Å². The molecule has 0 saturated carbocycles. The van der Waals surface area contributed by atoms with Crippen LogP contribution in [0.5, 0.6) is 0 Å². The highest BCUT2D eigenvalue weighted by Gasteiger charge is 2.38. The Hall–Kier alpha value is -3.14. The van der Waals surface area contributed by atoms with Crippen LogP contribution in [-0.2, 0) is 7.05 Å². The van der Waals surface area contributed by atoms with Crippen molar-refractivity contribution in [1.29, 1.82) is 0 Å². The van der Waals surface area contributed by atoms with Gasteiger partial charge in [0.1, 0.15) is 12.6 Å². The molecule has 4 nitrogen and oxygen atoms in total. The molecule has 0 N–H and O–H groups in total. The second kappa shape index (κ2) is 9.15. The van der Waals surface area contributed by atoms with E-state index in [1.54, 1.807) is 0 Å². The van der Waals surface area contributed by atoms with Crippen LogP contribution in [0.25, 0.3) is 0 Å². The molecule has 0 aliphatic carbocycles. The molecule has 2 aromatic carbocycles. The van der Waals surface area contributed by atoms with Crippen molar-refractivity contribution in [3.63, 3.8) is 0 Å². The number of aromatic nitrogens is 1. The van der Waals surface area contributed by atoms with Crippen LogP contribution in [0.4, 0.5) is 5.69 Å². The molecule has 0 radical (unpaired) electrons. The molecular formula is C28H32N3O+. The Labute approximate surface area is 191 Å². The number of benzene rings is 2. The van der Waals surface area contributed by atoms with Crippen LogP contribution >= 0.6 is 0 Å². The molecule has 3 aromatic rings. The predicted molar refractivity (Wildman–Crippen MR) is 128 cm³/mol. The van der Waals surface area contributed by atoms with Crippen molar-refractivity contribution in [2.24, 2.45) is 7.05 Å². The van der Waals surface area contributed by atoms with Gasteiger partial charge >= 0.3 is 0 Å². The number of pyridine rings is 1. The molecule has 5 rings (SSSR count). The lowest BCUT2D eigenvalue weighted by Gasteiger charge is -2.33. The van der Waals surface area contributed by atoms with Gasteiger partial charge in [-0.1, -0.05) is 60.7 Å². The fourth-order valence-electron chi connectivity index (χ4n) is 5.49. The first-order valence-corrected chi connectivity index (χ1v) is 11.9. The van der Waals surface area contributed by atoms with Crippen LogP contribution in [0.1, 0.15) is 53.1 Å². The average Bonchev–Trinajstić information content (AvgIpc) is 3.53. The van der Waals surface area contributed by atoms with Crippen LogP contribution in [0.15, 0.2) is 79.1 Å². The lowest BCUT2D eigenvalue weighted by molar-refractivity contribution is -0.671. The topological polar surface area (TPSA) is 27.4 Å². The number of rotatable bonds is 5. The van der Waals surface area contributed by atoms with Crippen molar-refractivity contribution >= 4 is 11.6 Å². The van der Waals surface area contributed by atoms with Gasteiger partial charge in [-0.25, -0.2) is 4.57 Å². The van der Waals surface area contributed by atoms with Crippen LogP contribution in [0.2, 0.25) is 0 Å². The van der Waals surface area contributed by atoms with E-state index in [0.29, 0.717) is 0 Å². The first-order chi connectivity index (χ1) is 15.7. The average molecular weight is 427 g/mol. The highest BCUT2D eigenvalue weighted by Crippen LogP contribution is 2.38. The Morgan fingerprint density at radius 1 is 0.875 bits per heavy atom. The lowest BCUT2D eigenvalue weighted by atomic mass is 9.83. The first kappa shape index (κ1) is 20.7. The summed E-state index contributed by atoms with van der Waals surface area (Å²) in [6.07, 6.45) is 8.55. The van der Waals surface area contributed by atoms with E-state index in [1.165, 1.54) is 24.0 Å². The zero-order chi connectivity index (χ0) is 21.9. The zero-order valence-electron chi connectivity index (χ0n) is 18.9. The normalized spacial score (nSPS) is 18.5. The third-order valence-electron chi connectivity index (χ3n) is 7.02. The number of carbonyl (C=O) groups is 1. The monoisotopic (exact) mass is 426 g/mol. The third-order valence-corrected chi connectivity index (χ3v) is 7.02. The van der Waals surface area contributed by atoms with E-state index in [9.17, 15) is 4.79 Å². The Balaban J connectivity index is 1.53. The minimum absolute atomic E-state index is 0.157. The van der Waals surface area contributed by atoms with Gasteiger partial charge in [0.2, 0.25) is 0 Å². The van der Waals surface area contributed by atoms with Crippen LogP contribution in [0, 0.1) is 0 Å². The largest absolute Gasteiger partial charge is 0.371 e. The summed E-state index contributed by atoms with van der Waals surface area (Å²) in [7, 11) is 2.00. The maximum atomic E-state index is 14.0. The Morgan fingerprint density at radius 2 is 1.50 bits per heavy atom. The van der Waals surface area contributed by atoms with Crippen molar-refractivity contribution in [2.45, 2.75) is 37.6 Å². The van der Waals surface area contributed by atoms with Gasteiger partial charge in [0.15, 0.2) is 12.4 Å². The van der Waals surface area contributed by atoms with Gasteiger partial charge in [-0.3, -0.25) is 4.79 Å². The van der Waals surface area contributed by atoms with Gasteiger partial charge in [0, 0.05) is 37.7 Å². The zero-order valence-corrected chi connectivity index (χ0v) is 18.9. The highest BCUT2D eigenvalue weighted by atomic mass is 16.2. The van der Waals surface area contributed by atoms with Gasteiger partial charge in [0.25, 0.3) is 5.91 Å². The molecule has 2 saturated heterocycles. The first-order valence-electron chi connectivity index (χ1n) is 11.9. The van der Waals surface area contributed by atoms with Crippen LogP contribution in [-0.4, -0.2) is 36.5 Å². The summed E-state index contributed by atoms with van der Waals surface area (Å²) in [5.41, 5.74) is 4.49. The summed E-state index contributed by atoms with van der Waals surface area (Å²) in [5.74, 6) is 0.346. The molecule has 0 bridgehead atoms. The van der Waals surface area contributed by atoms with Gasteiger partial charge in [-0.05, 0) is 36.8 Å². The van der Waals surface area contributed by atoms with E-state index in [0.717, 1.165) is 43.7 Å². The summed E-state index contributed by atoms with van der Waals surface area (Å²) < 4.78 is 2.00. The molecule has 4 heteroatoms. The summed E-state index contributed by atoms with van der Waals surface area (Å²) in [5, 5.41) is 0. The molecule has 164 valence electrons. The second-order valence-electron chi connectivity index (χ2n) is 9.11. The smallest absolute Gasteiger partial charge is 0.262 e. The number of anilines is 1. The molecule has 2 fully saturated rings. The number of likely N-dealkylation sites (tertiary alicyclic amines) is 1. The fourth-order valence-corrected chi connectivity index (χ4v) is 5.49. The van der Waals surface area contributed by atoms with Gasteiger partial charge in [-0.15, -0.1) is 0 Å². The number of aryl methyl sites for hydroxylation is 1. The maximum Gasteiger partial charge on any atom is 0.262 e. The molecule has 1 amide bonds. The van der Waals surface area contributed by atoms with Crippen LogP contribution < -0.4 is 9.47 Å². The number of carbonyl (C=O) groups excluding carboxylic acids is 1. The number of nitrogens with zero attached hydrogens (tertiary/aromatic N) is 3. The van der Waals surface area contributed by atoms with Crippen molar-refractivity contribution in [2.75, 3.05) is 24.5 Å². The molecule has 1 atom stereocenters. The molecule has 2 aliphatic heterocycles. The van der Waals surface area contributed by atoms with Gasteiger partial charge in [0.05, 0.1) is 5.69 Å². The van der Waals surface area contributed by atoms with Crippen molar-refractivity contribution in [3.05, 3.63) is 95.8 Å². The highest BCUT2D eigenvalue weighted by molar-refractivity contribution is 5.99. The lowest BCUT2D eigenvalue weighted by Crippen LogP contribution is -2.41. The minimum atomic E-state index is 0.157. The Bertz CT molecular complexity index is 1020. The van der Waals surface area contributed by atoms with E-state index in [-0.39, 0.29) is 17.9 Å². The Morgan fingerprint density at radius 3 is 2.12 bits per heavy atom. The number of hydrogen-bond donors (Lipinski definition) is 0. The number of amides is 1. The quantitative estimate of drug-likeness (QED) is 0.560. The van der Waals surface area contributed by atoms with Crippen molar-refractivity contribution < 1.29 is 9.36 Å². The maximum absolute atomic E-state index is 14.0. The Kier molecular flexibility index (Phi) is 5.93. The molecule has 2 aliphatic rings. The molecule has 3 heterocycles. The van der Waals surface area contributed by atoms with Gasteiger partial charge < -0.3 is 9.80 Å². The minimum Gasteiger partial charge on any atom is -0.371 e. The van der Waals surface area contributed by atoms with Crippen molar-refractivity contribution in [3.8, 4) is 0 Å². The van der Waals surface area contributed by atoms with E-state index in [2.05, 4.69) is 82.7 Å². The number of hydrogen-bond acceptors (Lipinski definition) is 2. The summed E-state index contributed by atoms with van der Waals surface area (Å²) >= 11 is 0. The SMILES string of the molecule is C[n+]1ccc(N2CCCC2)c(C(=O)N2CCC[C@H]2C(c2ccccc2)c2ccccc2)c1. The van der Waals surface area contributed by atoms with Crippen molar-refractivity contribution in [1.82, 2.24) is 4.90 Å². The van der Waals surface area contributed by atoms with Gasteiger partial charge in [-0.2, -0.15) is 0 Å². The molecule has 1 aromatic heterocycles. The molecule has 0 spiro atoms. The summed E-state index contributed by atoms with van der Waals surface area (Å²) in [4.78, 5) is 18.6. The third kappa shape index (κ3) is 4.02. The molecule has 0 unspecified atom stereocenters. The molecule has 32 heavy (non-hydrogen) atoms.